The van der Waals surface area contributed by atoms with Crippen LogP contribution >= 0.6 is 0 Å². The van der Waals surface area contributed by atoms with Gasteiger partial charge in [0.1, 0.15) is 0 Å². The number of nitriles is 1. The molecule has 0 spiro atoms. The van der Waals surface area contributed by atoms with Gasteiger partial charge < -0.3 is 10.2 Å². The third-order valence-corrected chi connectivity index (χ3v) is 3.52. The van der Waals surface area contributed by atoms with Gasteiger partial charge in [-0.3, -0.25) is 0 Å². The van der Waals surface area contributed by atoms with Crippen molar-refractivity contribution in [3.8, 4) is 6.07 Å². The van der Waals surface area contributed by atoms with Gasteiger partial charge in [-0.05, 0) is 44.7 Å². The van der Waals surface area contributed by atoms with E-state index in [0.29, 0.717) is 11.5 Å². The Bertz CT molecular complexity index is 251. The van der Waals surface area contributed by atoms with E-state index in [1.54, 1.807) is 0 Å². The molecule has 0 saturated heterocycles. The summed E-state index contributed by atoms with van der Waals surface area (Å²) >= 11 is 0. The highest BCUT2D eigenvalue weighted by Gasteiger charge is 2.42. The zero-order valence-corrected chi connectivity index (χ0v) is 11.8. The second kappa shape index (κ2) is 6.37. The summed E-state index contributed by atoms with van der Waals surface area (Å²) in [6.45, 7) is 6.64. The van der Waals surface area contributed by atoms with Crippen LogP contribution in [0.25, 0.3) is 0 Å². The minimum absolute atomic E-state index is 0.316. The van der Waals surface area contributed by atoms with Gasteiger partial charge in [0, 0.05) is 25.6 Å². The molecule has 1 aliphatic rings. The summed E-state index contributed by atoms with van der Waals surface area (Å²) in [5.74, 6) is 0.721. The number of hydrogen-bond donors (Lipinski definition) is 1. The van der Waals surface area contributed by atoms with E-state index >= 15 is 0 Å². The Hall–Kier alpha value is -0.590. The van der Waals surface area contributed by atoms with Crippen molar-refractivity contribution in [1.82, 2.24) is 10.2 Å². The van der Waals surface area contributed by atoms with Crippen LogP contribution in [-0.2, 0) is 0 Å². The number of rotatable bonds is 8. The number of hydrogen-bond acceptors (Lipinski definition) is 3. The zero-order valence-electron chi connectivity index (χ0n) is 11.8. The van der Waals surface area contributed by atoms with Gasteiger partial charge in [0.15, 0.2) is 0 Å². The van der Waals surface area contributed by atoms with E-state index in [-0.39, 0.29) is 0 Å². The molecule has 3 heteroatoms. The fourth-order valence-electron chi connectivity index (χ4n) is 2.35. The molecule has 3 nitrogen and oxygen atoms in total. The van der Waals surface area contributed by atoms with Crippen molar-refractivity contribution >= 4 is 0 Å². The van der Waals surface area contributed by atoms with E-state index in [1.165, 1.54) is 19.3 Å². The van der Waals surface area contributed by atoms with Gasteiger partial charge in [0.25, 0.3) is 0 Å². The van der Waals surface area contributed by atoms with E-state index in [4.69, 9.17) is 5.26 Å². The SMILES string of the molecule is CC(C)CC(CN(C)C)NCC1(CC#N)CC1. The molecule has 98 valence electrons. The molecule has 0 amide bonds. The monoisotopic (exact) mass is 237 g/mol. The molecular formula is C14H27N3. The summed E-state index contributed by atoms with van der Waals surface area (Å²) in [5, 5.41) is 12.5. The lowest BCUT2D eigenvalue weighted by molar-refractivity contribution is 0.290. The molecule has 0 aromatic carbocycles. The normalized spacial score (nSPS) is 19.4. The van der Waals surface area contributed by atoms with Crippen LogP contribution in [0.4, 0.5) is 0 Å². The first-order valence-electron chi connectivity index (χ1n) is 6.72. The van der Waals surface area contributed by atoms with Crippen LogP contribution in [0.5, 0.6) is 0 Å². The van der Waals surface area contributed by atoms with Crippen LogP contribution in [-0.4, -0.2) is 38.1 Å². The second-order valence-corrected chi connectivity index (χ2v) is 6.30. The van der Waals surface area contributed by atoms with Crippen molar-refractivity contribution in [2.75, 3.05) is 27.2 Å². The third-order valence-electron chi connectivity index (χ3n) is 3.52. The Morgan fingerprint density at radius 3 is 2.41 bits per heavy atom. The van der Waals surface area contributed by atoms with Gasteiger partial charge in [-0.1, -0.05) is 13.8 Å². The summed E-state index contributed by atoms with van der Waals surface area (Å²) in [4.78, 5) is 2.24. The standard InChI is InChI=1S/C14H27N3/c1-12(2)9-13(10-17(3)4)16-11-14(5-6-14)7-8-15/h12-13,16H,5-7,9-11H2,1-4H3. The highest BCUT2D eigenvalue weighted by molar-refractivity contribution is 5.01. The lowest BCUT2D eigenvalue weighted by Gasteiger charge is -2.26. The number of nitrogens with one attached hydrogen (secondary N) is 1. The van der Waals surface area contributed by atoms with E-state index in [1.807, 2.05) is 0 Å². The van der Waals surface area contributed by atoms with E-state index < -0.39 is 0 Å². The Morgan fingerprint density at radius 2 is 2.00 bits per heavy atom. The van der Waals surface area contributed by atoms with Crippen molar-refractivity contribution in [1.29, 1.82) is 5.26 Å². The van der Waals surface area contributed by atoms with Gasteiger partial charge in [0.2, 0.25) is 0 Å². The first-order chi connectivity index (χ1) is 7.97. The largest absolute Gasteiger partial charge is 0.312 e. The van der Waals surface area contributed by atoms with Crippen molar-refractivity contribution in [3.63, 3.8) is 0 Å². The molecule has 0 aliphatic heterocycles. The summed E-state index contributed by atoms with van der Waals surface area (Å²) in [6.07, 6.45) is 4.38. The predicted octanol–water partition coefficient (Wildman–Crippen LogP) is 2.25. The van der Waals surface area contributed by atoms with E-state index in [0.717, 1.165) is 25.4 Å². The molecule has 1 aliphatic carbocycles. The summed E-state index contributed by atoms with van der Waals surface area (Å²) in [6, 6.07) is 2.88. The molecule has 1 saturated carbocycles. The van der Waals surface area contributed by atoms with Crippen LogP contribution in [0.15, 0.2) is 0 Å². The van der Waals surface area contributed by atoms with Crippen molar-refractivity contribution in [3.05, 3.63) is 0 Å². The Morgan fingerprint density at radius 1 is 1.35 bits per heavy atom. The zero-order chi connectivity index (χ0) is 12.9. The smallest absolute Gasteiger partial charge is 0.0628 e. The quantitative estimate of drug-likeness (QED) is 0.704. The van der Waals surface area contributed by atoms with Gasteiger partial charge in [-0.2, -0.15) is 5.26 Å². The maximum absolute atomic E-state index is 8.81. The Labute approximate surface area is 106 Å². The average Bonchev–Trinajstić information content (AvgIpc) is 2.94. The molecule has 1 N–H and O–H groups in total. The fourth-order valence-corrected chi connectivity index (χ4v) is 2.35. The highest BCUT2D eigenvalue weighted by Crippen LogP contribution is 2.47. The van der Waals surface area contributed by atoms with Crippen LogP contribution in [0.1, 0.15) is 39.5 Å². The van der Waals surface area contributed by atoms with Crippen LogP contribution in [0.3, 0.4) is 0 Å². The summed E-state index contributed by atoms with van der Waals surface area (Å²) in [7, 11) is 4.24. The van der Waals surface area contributed by atoms with E-state index in [2.05, 4.69) is 44.2 Å². The lowest BCUT2D eigenvalue weighted by atomic mass is 10.00. The lowest BCUT2D eigenvalue weighted by Crippen LogP contribution is -2.41. The summed E-state index contributed by atoms with van der Waals surface area (Å²) in [5.41, 5.74) is 0.316. The minimum atomic E-state index is 0.316. The molecule has 0 aromatic rings. The molecule has 1 unspecified atom stereocenters. The predicted molar refractivity (Wildman–Crippen MR) is 71.7 cm³/mol. The number of nitrogens with zero attached hydrogens (tertiary/aromatic N) is 2. The molecule has 1 rings (SSSR count). The van der Waals surface area contributed by atoms with Gasteiger partial charge in [-0.15, -0.1) is 0 Å². The first kappa shape index (κ1) is 14.5. The third kappa shape index (κ3) is 5.52. The molecule has 1 fully saturated rings. The molecule has 1 atom stereocenters. The van der Waals surface area contributed by atoms with E-state index in [9.17, 15) is 0 Å². The molecule has 0 bridgehead atoms. The minimum Gasteiger partial charge on any atom is -0.312 e. The fraction of sp³-hybridized carbons (Fsp3) is 0.929. The van der Waals surface area contributed by atoms with Crippen molar-refractivity contribution < 1.29 is 0 Å². The van der Waals surface area contributed by atoms with Crippen molar-refractivity contribution in [2.24, 2.45) is 11.3 Å². The second-order valence-electron chi connectivity index (χ2n) is 6.30. The van der Waals surface area contributed by atoms with Crippen LogP contribution in [0, 0.1) is 22.7 Å². The Balaban J connectivity index is 2.35. The molecule has 0 radical (unpaired) electrons. The Kier molecular flexibility index (Phi) is 5.42. The summed E-state index contributed by atoms with van der Waals surface area (Å²) < 4.78 is 0. The molecule has 0 heterocycles. The van der Waals surface area contributed by atoms with Crippen molar-refractivity contribution in [2.45, 2.75) is 45.6 Å². The molecule has 17 heavy (non-hydrogen) atoms. The average molecular weight is 237 g/mol. The van der Waals surface area contributed by atoms with Gasteiger partial charge >= 0.3 is 0 Å². The van der Waals surface area contributed by atoms with Gasteiger partial charge in [0.05, 0.1) is 6.07 Å². The first-order valence-corrected chi connectivity index (χ1v) is 6.72. The molecule has 0 aromatic heterocycles. The maximum Gasteiger partial charge on any atom is 0.0628 e. The topological polar surface area (TPSA) is 39.1 Å². The van der Waals surface area contributed by atoms with Crippen LogP contribution < -0.4 is 5.32 Å². The number of likely N-dealkylation sites (N-methyl/N-ethyl adjacent to an activating group) is 1. The maximum atomic E-state index is 8.81. The highest BCUT2D eigenvalue weighted by atomic mass is 15.1. The van der Waals surface area contributed by atoms with Crippen LogP contribution in [0.2, 0.25) is 0 Å². The molecular weight excluding hydrogens is 210 g/mol. The van der Waals surface area contributed by atoms with Gasteiger partial charge in [-0.25, -0.2) is 0 Å².